The lowest BCUT2D eigenvalue weighted by Crippen LogP contribution is -2.04. The summed E-state index contributed by atoms with van der Waals surface area (Å²) in [6, 6.07) is 8.34. The van der Waals surface area contributed by atoms with Crippen molar-refractivity contribution in [1.29, 1.82) is 5.26 Å². The van der Waals surface area contributed by atoms with Crippen LogP contribution in [0.4, 0.5) is 4.39 Å². The first kappa shape index (κ1) is 13.5. The third-order valence-corrected chi connectivity index (χ3v) is 2.51. The van der Waals surface area contributed by atoms with Gasteiger partial charge in [-0.05, 0) is 35.9 Å². The Balaban J connectivity index is 2.19. The van der Waals surface area contributed by atoms with Crippen LogP contribution < -0.4 is 4.74 Å². The summed E-state index contributed by atoms with van der Waals surface area (Å²) in [6.07, 6.45) is 1.46. The third kappa shape index (κ3) is 3.09. The lowest BCUT2D eigenvalue weighted by atomic mass is 10.2. The summed E-state index contributed by atoms with van der Waals surface area (Å²) in [5, 5.41) is 17.7. The van der Waals surface area contributed by atoms with Crippen LogP contribution in [0.25, 0.3) is 0 Å². The number of halogens is 1. The zero-order valence-electron chi connectivity index (χ0n) is 10.2. The molecule has 0 aliphatic rings. The van der Waals surface area contributed by atoms with Crippen LogP contribution in [0.3, 0.4) is 0 Å². The summed E-state index contributed by atoms with van der Waals surface area (Å²) in [7, 11) is 0. The fourth-order valence-corrected chi connectivity index (χ4v) is 1.58. The van der Waals surface area contributed by atoms with Gasteiger partial charge < -0.3 is 9.84 Å². The molecule has 0 atom stereocenters. The molecule has 0 aliphatic heterocycles. The van der Waals surface area contributed by atoms with Crippen molar-refractivity contribution in [3.63, 3.8) is 0 Å². The molecule has 0 bridgehead atoms. The van der Waals surface area contributed by atoms with Crippen molar-refractivity contribution in [2.24, 2.45) is 0 Å². The Kier molecular flexibility index (Phi) is 3.91. The molecule has 1 N–H and O–H groups in total. The van der Waals surface area contributed by atoms with E-state index in [1.165, 1.54) is 18.3 Å². The minimum atomic E-state index is -1.27. The number of pyridine rings is 1. The maximum Gasteiger partial charge on any atom is 0.339 e. The average molecular weight is 272 g/mol. The number of nitriles is 1. The van der Waals surface area contributed by atoms with Gasteiger partial charge in [0.1, 0.15) is 35.5 Å². The van der Waals surface area contributed by atoms with E-state index in [0.29, 0.717) is 5.56 Å². The highest BCUT2D eigenvalue weighted by atomic mass is 19.1. The molecular weight excluding hydrogens is 263 g/mol. The molecule has 2 rings (SSSR count). The van der Waals surface area contributed by atoms with Gasteiger partial charge >= 0.3 is 5.97 Å². The van der Waals surface area contributed by atoms with E-state index in [1.807, 2.05) is 6.07 Å². The van der Waals surface area contributed by atoms with E-state index < -0.39 is 11.8 Å². The van der Waals surface area contributed by atoms with Gasteiger partial charge in [-0.25, -0.2) is 14.2 Å². The number of nitrogens with zero attached hydrogens (tertiary/aromatic N) is 2. The molecule has 0 fully saturated rings. The quantitative estimate of drug-likeness (QED) is 0.923. The van der Waals surface area contributed by atoms with Crippen LogP contribution in [0.1, 0.15) is 21.6 Å². The van der Waals surface area contributed by atoms with Gasteiger partial charge in [0.15, 0.2) is 0 Å². The average Bonchev–Trinajstić information content (AvgIpc) is 2.46. The number of rotatable bonds is 4. The van der Waals surface area contributed by atoms with Crippen LogP contribution in [0.5, 0.6) is 5.75 Å². The van der Waals surface area contributed by atoms with Crippen molar-refractivity contribution in [3.05, 3.63) is 59.2 Å². The molecular formula is C14H9FN2O3. The van der Waals surface area contributed by atoms with E-state index in [-0.39, 0.29) is 23.6 Å². The Labute approximate surface area is 113 Å². The second-order valence-corrected chi connectivity index (χ2v) is 3.90. The maximum absolute atomic E-state index is 13.0. The van der Waals surface area contributed by atoms with Gasteiger partial charge in [-0.3, -0.25) is 0 Å². The van der Waals surface area contributed by atoms with E-state index in [1.54, 1.807) is 6.07 Å². The summed E-state index contributed by atoms with van der Waals surface area (Å²) in [6.45, 7) is 0.0586. The van der Waals surface area contributed by atoms with Gasteiger partial charge in [-0.2, -0.15) is 5.26 Å². The third-order valence-electron chi connectivity index (χ3n) is 2.51. The lowest BCUT2D eigenvalue weighted by Gasteiger charge is -2.09. The van der Waals surface area contributed by atoms with E-state index in [4.69, 9.17) is 15.1 Å². The van der Waals surface area contributed by atoms with Gasteiger partial charge in [0.2, 0.25) is 0 Å². The number of carbonyl (C=O) groups is 1. The predicted octanol–water partition coefficient (Wildman–Crippen LogP) is 2.37. The molecule has 0 amide bonds. The van der Waals surface area contributed by atoms with Gasteiger partial charge in [-0.15, -0.1) is 0 Å². The molecule has 1 aromatic heterocycles. The standard InChI is InChI=1S/C14H9FN2O3/c15-10-1-2-13(12(6-10)14(18)19)20-8-9-3-4-17-11(5-9)7-16/h1-6H,8H2,(H,18,19). The molecule has 2 aromatic rings. The number of hydrogen-bond donors (Lipinski definition) is 1. The second kappa shape index (κ2) is 5.80. The van der Waals surface area contributed by atoms with E-state index in [2.05, 4.69) is 4.98 Å². The molecule has 1 aromatic carbocycles. The molecule has 100 valence electrons. The fourth-order valence-electron chi connectivity index (χ4n) is 1.58. The zero-order chi connectivity index (χ0) is 14.5. The SMILES string of the molecule is N#Cc1cc(COc2ccc(F)cc2C(=O)O)ccn1. The highest BCUT2D eigenvalue weighted by molar-refractivity contribution is 5.90. The first-order valence-corrected chi connectivity index (χ1v) is 5.61. The first-order valence-electron chi connectivity index (χ1n) is 5.61. The number of hydrogen-bond acceptors (Lipinski definition) is 4. The molecule has 5 nitrogen and oxygen atoms in total. The number of ether oxygens (including phenoxy) is 1. The smallest absolute Gasteiger partial charge is 0.339 e. The molecule has 0 unspecified atom stereocenters. The summed E-state index contributed by atoms with van der Waals surface area (Å²) in [5.41, 5.74) is 0.653. The van der Waals surface area contributed by atoms with E-state index in [9.17, 15) is 9.18 Å². The van der Waals surface area contributed by atoms with Crippen molar-refractivity contribution in [1.82, 2.24) is 4.98 Å². The van der Waals surface area contributed by atoms with Crippen molar-refractivity contribution in [2.75, 3.05) is 0 Å². The highest BCUT2D eigenvalue weighted by Gasteiger charge is 2.12. The topological polar surface area (TPSA) is 83.2 Å². The number of aromatic nitrogens is 1. The van der Waals surface area contributed by atoms with Crippen LogP contribution in [-0.4, -0.2) is 16.1 Å². The minimum Gasteiger partial charge on any atom is -0.488 e. The molecule has 0 spiro atoms. The van der Waals surface area contributed by atoms with Crippen LogP contribution in [0.15, 0.2) is 36.5 Å². The normalized spacial score (nSPS) is 9.80. The van der Waals surface area contributed by atoms with Crippen molar-refractivity contribution in [3.8, 4) is 11.8 Å². The van der Waals surface area contributed by atoms with E-state index in [0.717, 1.165) is 12.1 Å². The van der Waals surface area contributed by atoms with E-state index >= 15 is 0 Å². The second-order valence-electron chi connectivity index (χ2n) is 3.90. The van der Waals surface area contributed by atoms with Crippen molar-refractivity contribution >= 4 is 5.97 Å². The van der Waals surface area contributed by atoms with Crippen LogP contribution >= 0.6 is 0 Å². The van der Waals surface area contributed by atoms with Gasteiger partial charge in [0.25, 0.3) is 0 Å². The Bertz CT molecular complexity index is 695. The summed E-state index contributed by atoms with van der Waals surface area (Å²) in [5.74, 6) is -1.86. The van der Waals surface area contributed by atoms with Gasteiger partial charge in [0, 0.05) is 6.20 Å². The molecule has 0 aliphatic carbocycles. The number of aromatic carboxylic acids is 1. The number of carboxylic acids is 1. The fraction of sp³-hybridized carbons (Fsp3) is 0.0714. The molecule has 1 heterocycles. The monoisotopic (exact) mass is 272 g/mol. The lowest BCUT2D eigenvalue weighted by molar-refractivity contribution is 0.0691. The Hall–Kier alpha value is -2.94. The van der Waals surface area contributed by atoms with Crippen LogP contribution in [-0.2, 0) is 6.61 Å². The number of benzene rings is 1. The van der Waals surface area contributed by atoms with Crippen molar-refractivity contribution < 1.29 is 19.0 Å². The maximum atomic E-state index is 13.0. The molecule has 0 saturated heterocycles. The molecule has 6 heteroatoms. The summed E-state index contributed by atoms with van der Waals surface area (Å²) in [4.78, 5) is 14.8. The predicted molar refractivity (Wildman–Crippen MR) is 66.6 cm³/mol. The minimum absolute atomic E-state index is 0.0586. The number of carboxylic acid groups (broad SMARTS) is 1. The van der Waals surface area contributed by atoms with Crippen molar-refractivity contribution in [2.45, 2.75) is 6.61 Å². The molecule has 0 saturated carbocycles. The first-order chi connectivity index (χ1) is 9.60. The van der Waals surface area contributed by atoms with Gasteiger partial charge in [-0.1, -0.05) is 0 Å². The molecule has 20 heavy (non-hydrogen) atoms. The molecule has 0 radical (unpaired) electrons. The Morgan fingerprint density at radius 3 is 2.90 bits per heavy atom. The summed E-state index contributed by atoms with van der Waals surface area (Å²) < 4.78 is 18.4. The van der Waals surface area contributed by atoms with Gasteiger partial charge in [0.05, 0.1) is 0 Å². The summed E-state index contributed by atoms with van der Waals surface area (Å²) >= 11 is 0. The van der Waals surface area contributed by atoms with Crippen LogP contribution in [0, 0.1) is 17.1 Å². The highest BCUT2D eigenvalue weighted by Crippen LogP contribution is 2.21. The zero-order valence-corrected chi connectivity index (χ0v) is 10.2. The Morgan fingerprint density at radius 1 is 1.40 bits per heavy atom. The van der Waals surface area contributed by atoms with Crippen LogP contribution in [0.2, 0.25) is 0 Å². The largest absolute Gasteiger partial charge is 0.488 e. The Morgan fingerprint density at radius 2 is 2.20 bits per heavy atom.